The summed E-state index contributed by atoms with van der Waals surface area (Å²) < 4.78 is 10.8. The van der Waals surface area contributed by atoms with Crippen LogP contribution in [0, 0.1) is 0 Å². The van der Waals surface area contributed by atoms with Gasteiger partial charge in [0.1, 0.15) is 5.75 Å². The second-order valence-corrected chi connectivity index (χ2v) is 8.06. The zero-order valence-corrected chi connectivity index (χ0v) is 18.8. The van der Waals surface area contributed by atoms with E-state index in [9.17, 15) is 14.4 Å². The van der Waals surface area contributed by atoms with E-state index in [0.29, 0.717) is 54.7 Å². The summed E-state index contributed by atoms with van der Waals surface area (Å²) >= 11 is 0. The number of amides is 3. The number of carbonyl (C=O) groups excluding carboxylic acids is 3. The molecule has 33 heavy (non-hydrogen) atoms. The number of hydrogen-bond acceptors (Lipinski definition) is 6. The van der Waals surface area contributed by atoms with Crippen LogP contribution in [0.4, 0.5) is 17.1 Å². The van der Waals surface area contributed by atoms with Crippen LogP contribution in [0.25, 0.3) is 0 Å². The van der Waals surface area contributed by atoms with Crippen molar-refractivity contribution in [2.75, 3.05) is 55.5 Å². The summed E-state index contributed by atoms with van der Waals surface area (Å²) in [6.45, 7) is 3.96. The zero-order valence-electron chi connectivity index (χ0n) is 18.8. The Morgan fingerprint density at radius 3 is 2.70 bits per heavy atom. The summed E-state index contributed by atoms with van der Waals surface area (Å²) in [4.78, 5) is 41.7. The number of anilines is 3. The molecule has 0 saturated carbocycles. The van der Waals surface area contributed by atoms with Crippen molar-refractivity contribution in [1.29, 1.82) is 0 Å². The molecule has 2 aliphatic rings. The van der Waals surface area contributed by atoms with E-state index >= 15 is 0 Å². The van der Waals surface area contributed by atoms with Crippen LogP contribution in [0.3, 0.4) is 0 Å². The topological polar surface area (TPSA) is 100 Å². The van der Waals surface area contributed by atoms with Gasteiger partial charge in [-0.15, -0.1) is 0 Å². The number of fused-ring (bicyclic) bond motifs is 1. The molecule has 0 bridgehead atoms. The van der Waals surface area contributed by atoms with E-state index in [1.807, 2.05) is 25.1 Å². The van der Waals surface area contributed by atoms with Crippen LogP contribution in [-0.2, 0) is 14.3 Å². The van der Waals surface area contributed by atoms with Gasteiger partial charge in [0.25, 0.3) is 5.91 Å². The number of benzene rings is 2. The Kier molecular flexibility index (Phi) is 6.79. The van der Waals surface area contributed by atoms with Crippen molar-refractivity contribution in [3.8, 4) is 5.75 Å². The average Bonchev–Trinajstić information content (AvgIpc) is 2.96. The minimum atomic E-state index is -0.306. The van der Waals surface area contributed by atoms with E-state index in [-0.39, 0.29) is 36.7 Å². The first-order valence-corrected chi connectivity index (χ1v) is 11.0. The fourth-order valence-electron chi connectivity index (χ4n) is 4.15. The molecule has 2 aromatic carbocycles. The maximum Gasteiger partial charge on any atom is 0.254 e. The average molecular weight is 453 g/mol. The number of morpholine rings is 1. The Balaban J connectivity index is 1.53. The van der Waals surface area contributed by atoms with Crippen molar-refractivity contribution >= 4 is 34.8 Å². The van der Waals surface area contributed by atoms with Gasteiger partial charge < -0.3 is 29.9 Å². The fraction of sp³-hybridized carbons (Fsp3) is 0.375. The van der Waals surface area contributed by atoms with Crippen LogP contribution in [0.15, 0.2) is 42.5 Å². The highest BCUT2D eigenvalue weighted by atomic mass is 16.5. The maximum absolute atomic E-state index is 13.3. The monoisotopic (exact) mass is 452 g/mol. The third-order valence-corrected chi connectivity index (χ3v) is 5.80. The van der Waals surface area contributed by atoms with Crippen LogP contribution < -0.4 is 20.3 Å². The Hall–Kier alpha value is -3.59. The molecule has 9 heteroatoms. The summed E-state index contributed by atoms with van der Waals surface area (Å²) in [5, 5.41) is 5.98. The van der Waals surface area contributed by atoms with Crippen LogP contribution in [0.5, 0.6) is 5.75 Å². The van der Waals surface area contributed by atoms with Crippen molar-refractivity contribution < 1.29 is 23.9 Å². The van der Waals surface area contributed by atoms with E-state index in [4.69, 9.17) is 9.47 Å². The van der Waals surface area contributed by atoms with Crippen molar-refractivity contribution in [1.82, 2.24) is 4.90 Å². The van der Waals surface area contributed by atoms with Crippen molar-refractivity contribution in [3.05, 3.63) is 48.0 Å². The molecular weight excluding hydrogens is 424 g/mol. The van der Waals surface area contributed by atoms with E-state index < -0.39 is 0 Å². The summed E-state index contributed by atoms with van der Waals surface area (Å²) in [6, 6.07) is 12.1. The second kappa shape index (κ2) is 9.91. The number of nitrogens with one attached hydrogen (secondary N) is 2. The predicted octanol–water partition coefficient (Wildman–Crippen LogP) is 2.34. The van der Waals surface area contributed by atoms with Gasteiger partial charge in [-0.25, -0.2) is 0 Å². The molecular formula is C24H28N4O5. The predicted molar refractivity (Wildman–Crippen MR) is 125 cm³/mol. The molecule has 0 aromatic heterocycles. The number of methoxy groups -OCH3 is 1. The van der Waals surface area contributed by atoms with Crippen LogP contribution in [-0.4, -0.2) is 68.6 Å². The van der Waals surface area contributed by atoms with Gasteiger partial charge in [-0.3, -0.25) is 14.4 Å². The lowest BCUT2D eigenvalue weighted by atomic mass is 10.1. The minimum Gasteiger partial charge on any atom is -0.495 e. The highest BCUT2D eigenvalue weighted by molar-refractivity contribution is 6.05. The fourth-order valence-corrected chi connectivity index (χ4v) is 4.15. The van der Waals surface area contributed by atoms with Crippen molar-refractivity contribution in [3.63, 3.8) is 0 Å². The third kappa shape index (κ3) is 4.93. The van der Waals surface area contributed by atoms with Crippen molar-refractivity contribution in [2.45, 2.75) is 19.4 Å². The minimum absolute atomic E-state index is 0.0293. The molecule has 1 fully saturated rings. The number of hydrogen-bond donors (Lipinski definition) is 2. The summed E-state index contributed by atoms with van der Waals surface area (Å²) in [5.74, 6) is 0.116. The van der Waals surface area contributed by atoms with Gasteiger partial charge in [-0.2, -0.15) is 0 Å². The molecule has 2 heterocycles. The Bertz CT molecular complexity index is 1050. The lowest BCUT2D eigenvalue weighted by Crippen LogP contribution is -2.42. The summed E-state index contributed by atoms with van der Waals surface area (Å²) in [5.41, 5.74) is 2.33. The summed E-state index contributed by atoms with van der Waals surface area (Å²) in [7, 11) is 1.54. The number of ether oxygens (including phenoxy) is 2. The molecule has 2 N–H and O–H groups in total. The van der Waals surface area contributed by atoms with Gasteiger partial charge in [0.05, 0.1) is 43.9 Å². The molecule has 9 nitrogen and oxygen atoms in total. The van der Waals surface area contributed by atoms with Gasteiger partial charge in [-0.05, 0) is 37.3 Å². The molecule has 1 atom stereocenters. The Labute approximate surface area is 192 Å². The highest BCUT2D eigenvalue weighted by Crippen LogP contribution is 2.32. The van der Waals surface area contributed by atoms with Crippen molar-refractivity contribution in [2.24, 2.45) is 0 Å². The van der Waals surface area contributed by atoms with E-state index in [1.165, 1.54) is 7.11 Å². The second-order valence-electron chi connectivity index (χ2n) is 8.06. The standard InChI is InChI=1S/C24H28N4O5/c1-16-13-22(29)26-18-5-3-4-6-20(18)28(16)23(30)15-25-19-14-17(7-8-21(19)32-2)24(31)27-9-11-33-12-10-27/h3-8,14,16,25H,9-13,15H2,1-2H3,(H,26,29). The molecule has 2 aliphatic heterocycles. The SMILES string of the molecule is COc1ccc(C(=O)N2CCOCC2)cc1NCC(=O)N1c2ccccc2NC(=O)CC1C. The van der Waals surface area contributed by atoms with Gasteiger partial charge >= 0.3 is 0 Å². The lowest BCUT2D eigenvalue weighted by Gasteiger charge is -2.28. The Morgan fingerprint density at radius 1 is 1.18 bits per heavy atom. The van der Waals surface area contributed by atoms with Gasteiger partial charge in [0.15, 0.2) is 0 Å². The smallest absolute Gasteiger partial charge is 0.254 e. The van der Waals surface area contributed by atoms with Crippen LogP contribution in [0.2, 0.25) is 0 Å². The molecule has 1 unspecified atom stereocenters. The first kappa shape index (κ1) is 22.6. The van der Waals surface area contributed by atoms with Crippen LogP contribution >= 0.6 is 0 Å². The zero-order chi connectivity index (χ0) is 23.4. The van der Waals surface area contributed by atoms with Gasteiger partial charge in [0, 0.05) is 31.1 Å². The highest BCUT2D eigenvalue weighted by Gasteiger charge is 2.29. The summed E-state index contributed by atoms with van der Waals surface area (Å²) in [6.07, 6.45) is 0.202. The number of carbonyl (C=O) groups is 3. The molecule has 2 aromatic rings. The molecule has 3 amide bonds. The first-order valence-electron chi connectivity index (χ1n) is 11.0. The molecule has 174 valence electrons. The maximum atomic E-state index is 13.3. The molecule has 0 spiro atoms. The van der Waals surface area contributed by atoms with Gasteiger partial charge in [-0.1, -0.05) is 12.1 Å². The number of nitrogens with zero attached hydrogens (tertiary/aromatic N) is 2. The number of para-hydroxylation sites is 2. The first-order chi connectivity index (χ1) is 16.0. The molecule has 0 radical (unpaired) electrons. The third-order valence-electron chi connectivity index (χ3n) is 5.80. The van der Waals surface area contributed by atoms with E-state index in [1.54, 1.807) is 34.1 Å². The van der Waals surface area contributed by atoms with E-state index in [2.05, 4.69) is 10.6 Å². The largest absolute Gasteiger partial charge is 0.495 e. The van der Waals surface area contributed by atoms with Crippen LogP contribution in [0.1, 0.15) is 23.7 Å². The van der Waals surface area contributed by atoms with E-state index in [0.717, 1.165) is 0 Å². The molecule has 0 aliphatic carbocycles. The molecule has 4 rings (SSSR count). The number of rotatable bonds is 5. The quantitative estimate of drug-likeness (QED) is 0.722. The normalized spacial score (nSPS) is 18.1. The molecule has 1 saturated heterocycles. The lowest BCUT2D eigenvalue weighted by molar-refractivity contribution is -0.118. The van der Waals surface area contributed by atoms with Gasteiger partial charge in [0.2, 0.25) is 11.8 Å². The Morgan fingerprint density at radius 2 is 1.94 bits per heavy atom.